The standard InChI is InChI=1S/C13H16N4O/c18-9-11-3-2-6-17(11)13-15-7-10(8-16-13)12-4-1-5-14-12/h1,4-5,7-8,11,14,18H,2-3,6,9H2. The molecule has 1 atom stereocenters. The van der Waals surface area contributed by atoms with Crippen LogP contribution in [0.4, 0.5) is 5.95 Å². The zero-order valence-electron chi connectivity index (χ0n) is 10.1. The van der Waals surface area contributed by atoms with Crippen LogP contribution >= 0.6 is 0 Å². The van der Waals surface area contributed by atoms with Gasteiger partial charge in [-0.15, -0.1) is 0 Å². The maximum atomic E-state index is 9.30. The summed E-state index contributed by atoms with van der Waals surface area (Å²) in [7, 11) is 0. The molecule has 1 saturated heterocycles. The average Bonchev–Trinajstić information content (AvgIpc) is 3.10. The van der Waals surface area contributed by atoms with Gasteiger partial charge < -0.3 is 15.0 Å². The van der Waals surface area contributed by atoms with Crippen LogP contribution in [0, 0.1) is 0 Å². The summed E-state index contributed by atoms with van der Waals surface area (Å²) in [6, 6.07) is 4.11. The minimum atomic E-state index is 0.168. The first-order chi connectivity index (χ1) is 8.88. The fraction of sp³-hybridized carbons (Fsp3) is 0.385. The quantitative estimate of drug-likeness (QED) is 0.857. The number of hydrogen-bond acceptors (Lipinski definition) is 4. The van der Waals surface area contributed by atoms with Gasteiger partial charge in [-0.3, -0.25) is 0 Å². The molecule has 2 aromatic heterocycles. The lowest BCUT2D eigenvalue weighted by molar-refractivity contribution is 0.265. The second kappa shape index (κ2) is 4.78. The van der Waals surface area contributed by atoms with E-state index in [2.05, 4.69) is 19.9 Å². The van der Waals surface area contributed by atoms with Gasteiger partial charge in [0.25, 0.3) is 0 Å². The Bertz CT molecular complexity index is 494. The summed E-state index contributed by atoms with van der Waals surface area (Å²) in [5.74, 6) is 0.710. The van der Waals surface area contributed by atoms with Crippen LogP contribution in [0.25, 0.3) is 11.3 Å². The zero-order valence-corrected chi connectivity index (χ0v) is 10.1. The zero-order chi connectivity index (χ0) is 12.4. The van der Waals surface area contributed by atoms with Crippen molar-refractivity contribution in [3.05, 3.63) is 30.7 Å². The van der Waals surface area contributed by atoms with Gasteiger partial charge in [-0.05, 0) is 25.0 Å². The Morgan fingerprint density at radius 1 is 1.39 bits per heavy atom. The van der Waals surface area contributed by atoms with Crippen molar-refractivity contribution in [1.29, 1.82) is 0 Å². The van der Waals surface area contributed by atoms with E-state index in [0.717, 1.165) is 30.6 Å². The topological polar surface area (TPSA) is 65.0 Å². The molecule has 0 saturated carbocycles. The van der Waals surface area contributed by atoms with Crippen molar-refractivity contribution >= 4 is 5.95 Å². The Labute approximate surface area is 106 Å². The van der Waals surface area contributed by atoms with Gasteiger partial charge in [-0.25, -0.2) is 9.97 Å². The third-order valence-corrected chi connectivity index (χ3v) is 3.39. The van der Waals surface area contributed by atoms with Gasteiger partial charge in [0.2, 0.25) is 5.95 Å². The predicted octanol–water partition coefficient (Wildman–Crippen LogP) is 1.43. The molecule has 1 aliphatic heterocycles. The number of nitrogens with zero attached hydrogens (tertiary/aromatic N) is 3. The van der Waals surface area contributed by atoms with Crippen LogP contribution in [0.3, 0.4) is 0 Å². The molecular weight excluding hydrogens is 228 g/mol. The maximum absolute atomic E-state index is 9.30. The van der Waals surface area contributed by atoms with Crippen molar-refractivity contribution < 1.29 is 5.11 Å². The van der Waals surface area contributed by atoms with E-state index in [-0.39, 0.29) is 12.6 Å². The summed E-state index contributed by atoms with van der Waals surface area (Å²) in [4.78, 5) is 14.0. The van der Waals surface area contributed by atoms with Gasteiger partial charge in [-0.1, -0.05) is 0 Å². The fourth-order valence-corrected chi connectivity index (χ4v) is 2.41. The number of aliphatic hydroxyl groups is 1. The van der Waals surface area contributed by atoms with Crippen LogP contribution in [0.5, 0.6) is 0 Å². The highest BCUT2D eigenvalue weighted by atomic mass is 16.3. The minimum Gasteiger partial charge on any atom is -0.394 e. The van der Waals surface area contributed by atoms with E-state index in [9.17, 15) is 5.11 Å². The lowest BCUT2D eigenvalue weighted by atomic mass is 10.2. The summed E-state index contributed by atoms with van der Waals surface area (Å²) in [5, 5.41) is 9.30. The summed E-state index contributed by atoms with van der Waals surface area (Å²) in [6.07, 6.45) is 7.62. The molecule has 0 aromatic carbocycles. The Hall–Kier alpha value is -1.88. The average molecular weight is 244 g/mol. The van der Waals surface area contributed by atoms with E-state index in [4.69, 9.17) is 0 Å². The molecule has 0 spiro atoms. The van der Waals surface area contributed by atoms with Crippen LogP contribution in [0.2, 0.25) is 0 Å². The number of rotatable bonds is 3. The number of nitrogens with one attached hydrogen (secondary N) is 1. The van der Waals surface area contributed by atoms with Crippen molar-refractivity contribution in [3.63, 3.8) is 0 Å². The molecule has 1 unspecified atom stereocenters. The summed E-state index contributed by atoms with van der Waals surface area (Å²) < 4.78 is 0. The maximum Gasteiger partial charge on any atom is 0.225 e. The van der Waals surface area contributed by atoms with Gasteiger partial charge in [0.15, 0.2) is 0 Å². The molecule has 1 aliphatic rings. The minimum absolute atomic E-state index is 0.168. The second-order valence-corrected chi connectivity index (χ2v) is 4.53. The molecule has 0 bridgehead atoms. The Balaban J connectivity index is 1.83. The molecule has 3 heterocycles. The van der Waals surface area contributed by atoms with Crippen LogP contribution in [-0.2, 0) is 0 Å². The van der Waals surface area contributed by atoms with Gasteiger partial charge in [0, 0.05) is 36.4 Å². The molecular formula is C13H16N4O. The highest BCUT2D eigenvalue weighted by Crippen LogP contribution is 2.23. The van der Waals surface area contributed by atoms with Crippen molar-refractivity contribution in [2.24, 2.45) is 0 Å². The third kappa shape index (κ3) is 1.97. The lowest BCUT2D eigenvalue weighted by Gasteiger charge is -2.22. The van der Waals surface area contributed by atoms with Gasteiger partial charge in [-0.2, -0.15) is 0 Å². The van der Waals surface area contributed by atoms with E-state index in [1.54, 1.807) is 0 Å². The summed E-state index contributed by atoms with van der Waals surface area (Å²) >= 11 is 0. The monoisotopic (exact) mass is 244 g/mol. The number of aromatic amines is 1. The molecule has 0 radical (unpaired) electrons. The number of hydrogen-bond donors (Lipinski definition) is 2. The number of aromatic nitrogens is 3. The molecule has 1 fully saturated rings. The second-order valence-electron chi connectivity index (χ2n) is 4.53. The van der Waals surface area contributed by atoms with Crippen LogP contribution in [-0.4, -0.2) is 39.3 Å². The molecule has 5 heteroatoms. The predicted molar refractivity (Wildman–Crippen MR) is 69.3 cm³/mol. The van der Waals surface area contributed by atoms with Crippen molar-refractivity contribution in [1.82, 2.24) is 15.0 Å². The van der Waals surface area contributed by atoms with Crippen molar-refractivity contribution in [2.75, 3.05) is 18.1 Å². The Kier molecular flexibility index (Phi) is 2.98. The smallest absolute Gasteiger partial charge is 0.225 e. The van der Waals surface area contributed by atoms with E-state index in [0.29, 0.717) is 5.95 Å². The largest absolute Gasteiger partial charge is 0.394 e. The highest BCUT2D eigenvalue weighted by Gasteiger charge is 2.25. The van der Waals surface area contributed by atoms with E-state index in [1.165, 1.54) is 0 Å². The van der Waals surface area contributed by atoms with Crippen LogP contribution in [0.1, 0.15) is 12.8 Å². The summed E-state index contributed by atoms with van der Waals surface area (Å²) in [6.45, 7) is 1.09. The molecule has 5 nitrogen and oxygen atoms in total. The summed E-state index contributed by atoms with van der Waals surface area (Å²) in [5.41, 5.74) is 1.99. The first-order valence-corrected chi connectivity index (χ1v) is 6.22. The molecule has 2 N–H and O–H groups in total. The van der Waals surface area contributed by atoms with Crippen LogP contribution < -0.4 is 4.90 Å². The molecule has 94 valence electrons. The normalized spacial score (nSPS) is 19.4. The van der Waals surface area contributed by atoms with E-state index < -0.39 is 0 Å². The van der Waals surface area contributed by atoms with Crippen molar-refractivity contribution in [2.45, 2.75) is 18.9 Å². The lowest BCUT2D eigenvalue weighted by Crippen LogP contribution is -2.33. The first kappa shape index (κ1) is 11.2. The van der Waals surface area contributed by atoms with Gasteiger partial charge in [0.1, 0.15) is 0 Å². The molecule has 3 rings (SSSR count). The number of H-pyrrole nitrogens is 1. The number of aliphatic hydroxyl groups excluding tert-OH is 1. The number of anilines is 1. The Morgan fingerprint density at radius 3 is 2.89 bits per heavy atom. The van der Waals surface area contributed by atoms with Crippen molar-refractivity contribution in [3.8, 4) is 11.3 Å². The fourth-order valence-electron chi connectivity index (χ4n) is 2.41. The highest BCUT2D eigenvalue weighted by molar-refractivity contribution is 5.57. The molecule has 0 aliphatic carbocycles. The third-order valence-electron chi connectivity index (χ3n) is 3.39. The Morgan fingerprint density at radius 2 is 2.22 bits per heavy atom. The van der Waals surface area contributed by atoms with E-state index >= 15 is 0 Å². The molecule has 0 amide bonds. The first-order valence-electron chi connectivity index (χ1n) is 6.22. The SMILES string of the molecule is OCC1CCCN1c1ncc(-c2ccc[nH]2)cn1. The van der Waals surface area contributed by atoms with Gasteiger partial charge >= 0.3 is 0 Å². The molecule has 18 heavy (non-hydrogen) atoms. The molecule has 2 aromatic rings. The van der Waals surface area contributed by atoms with E-state index in [1.807, 2.05) is 30.7 Å². The van der Waals surface area contributed by atoms with Gasteiger partial charge in [0.05, 0.1) is 12.6 Å². The van der Waals surface area contributed by atoms with Crippen LogP contribution in [0.15, 0.2) is 30.7 Å².